The Morgan fingerprint density at radius 1 is 1.04 bits per heavy atom. The van der Waals surface area contributed by atoms with Crippen molar-refractivity contribution >= 4 is 11.8 Å². The van der Waals surface area contributed by atoms with Crippen LogP contribution in [-0.2, 0) is 17.6 Å². The third-order valence-corrected chi connectivity index (χ3v) is 5.88. The lowest BCUT2D eigenvalue weighted by Gasteiger charge is -2.37. The van der Waals surface area contributed by atoms with E-state index in [2.05, 4.69) is 12.1 Å². The molecule has 2 aromatic carbocycles. The van der Waals surface area contributed by atoms with Crippen LogP contribution in [-0.4, -0.2) is 16.9 Å². The third kappa shape index (κ3) is 2.99. The maximum Gasteiger partial charge on any atom is 0.335 e. The van der Waals surface area contributed by atoms with E-state index in [1.165, 1.54) is 11.1 Å². The van der Waals surface area contributed by atoms with Crippen LogP contribution in [0.15, 0.2) is 42.5 Å². The highest BCUT2D eigenvalue weighted by atomic mass is 16.4. The molecule has 0 aromatic heterocycles. The lowest BCUT2D eigenvalue weighted by molar-refractivity contribution is -0.122. The van der Waals surface area contributed by atoms with Gasteiger partial charge >= 0.3 is 5.97 Å². The average Bonchev–Trinajstić information content (AvgIpc) is 2.62. The number of carbonyl (C=O) groups is 2. The number of carbonyl (C=O) groups excluding carboxylic acids is 1. The van der Waals surface area contributed by atoms with Crippen LogP contribution in [0.25, 0.3) is 0 Å². The zero-order valence-corrected chi connectivity index (χ0v) is 14.2. The predicted molar refractivity (Wildman–Crippen MR) is 96.1 cm³/mol. The Labute approximate surface area is 147 Å². The molecule has 0 heterocycles. The van der Waals surface area contributed by atoms with Gasteiger partial charge in [0.05, 0.1) is 5.56 Å². The van der Waals surface area contributed by atoms with Crippen molar-refractivity contribution in [2.75, 3.05) is 0 Å². The summed E-state index contributed by atoms with van der Waals surface area (Å²) in [6.07, 6.45) is 4.80. The number of carboxylic acid groups (broad SMARTS) is 1. The molecule has 0 amide bonds. The van der Waals surface area contributed by atoms with Gasteiger partial charge in [0.2, 0.25) is 0 Å². The van der Waals surface area contributed by atoms with E-state index in [1.54, 1.807) is 6.07 Å². The Balaban J connectivity index is 1.78. The molecule has 25 heavy (non-hydrogen) atoms. The number of ketones is 1. The molecule has 2 atom stereocenters. The van der Waals surface area contributed by atoms with Crippen LogP contribution < -0.4 is 0 Å². The second-order valence-electron chi connectivity index (χ2n) is 7.31. The number of hydrogen-bond donors (Lipinski definition) is 1. The minimum Gasteiger partial charge on any atom is -0.478 e. The molecule has 1 saturated carbocycles. The first-order chi connectivity index (χ1) is 12.1. The average molecular weight is 334 g/mol. The number of rotatable bonds is 3. The van der Waals surface area contributed by atoms with Crippen LogP contribution >= 0.6 is 0 Å². The minimum absolute atomic E-state index is 0.386. The van der Waals surface area contributed by atoms with Crippen molar-refractivity contribution in [3.63, 3.8) is 0 Å². The van der Waals surface area contributed by atoms with Gasteiger partial charge in [-0.05, 0) is 65.8 Å². The lowest BCUT2D eigenvalue weighted by Crippen LogP contribution is -2.29. The fourth-order valence-electron chi connectivity index (χ4n) is 4.69. The topological polar surface area (TPSA) is 54.4 Å². The quantitative estimate of drug-likeness (QED) is 0.906. The molecule has 0 spiro atoms. The summed E-state index contributed by atoms with van der Waals surface area (Å²) in [5.41, 5.74) is 5.04. The van der Waals surface area contributed by atoms with Gasteiger partial charge in [0.1, 0.15) is 5.78 Å². The molecule has 2 aliphatic rings. The van der Waals surface area contributed by atoms with E-state index in [4.69, 9.17) is 0 Å². The van der Waals surface area contributed by atoms with Gasteiger partial charge in [-0.1, -0.05) is 36.4 Å². The van der Waals surface area contributed by atoms with Crippen LogP contribution in [0.1, 0.15) is 64.2 Å². The number of fused-ring (bicyclic) bond motifs is 3. The normalized spacial score (nSPS) is 22.2. The van der Waals surface area contributed by atoms with Gasteiger partial charge in [-0.15, -0.1) is 0 Å². The van der Waals surface area contributed by atoms with E-state index >= 15 is 0 Å². The largest absolute Gasteiger partial charge is 0.478 e. The highest BCUT2D eigenvalue weighted by Crippen LogP contribution is 2.45. The second kappa shape index (κ2) is 6.47. The molecule has 0 aliphatic heterocycles. The highest BCUT2D eigenvalue weighted by Gasteiger charge is 2.36. The standard InChI is InChI=1S/C22H22O3/c23-16-7-9-17-15(13-16)6-8-19-18(17)10-11-20(22(24)25)21(19)12-14-4-2-1-3-5-14/h1-5,10-11,15,17H,6-9,12-13H2,(H,24,25). The Morgan fingerprint density at radius 3 is 2.60 bits per heavy atom. The molecule has 0 radical (unpaired) electrons. The number of Topliss-reactive ketones (excluding diaryl/α,β-unsaturated/α-hetero) is 1. The molecule has 2 unspecified atom stereocenters. The predicted octanol–water partition coefficient (Wildman–Crippen LogP) is 4.37. The van der Waals surface area contributed by atoms with Gasteiger partial charge < -0.3 is 5.11 Å². The van der Waals surface area contributed by atoms with Crippen molar-refractivity contribution in [3.8, 4) is 0 Å². The maximum atomic E-state index is 11.8. The zero-order valence-electron chi connectivity index (χ0n) is 14.2. The van der Waals surface area contributed by atoms with Crippen molar-refractivity contribution in [1.29, 1.82) is 0 Å². The van der Waals surface area contributed by atoms with Crippen LogP contribution in [0, 0.1) is 5.92 Å². The molecule has 0 bridgehead atoms. The molecule has 4 rings (SSSR count). The van der Waals surface area contributed by atoms with E-state index in [1.807, 2.05) is 24.3 Å². The summed E-state index contributed by atoms with van der Waals surface area (Å²) in [5, 5.41) is 9.67. The smallest absolute Gasteiger partial charge is 0.335 e. The first-order valence-electron chi connectivity index (χ1n) is 9.07. The number of aromatic carboxylic acids is 1. The Morgan fingerprint density at radius 2 is 1.84 bits per heavy atom. The summed E-state index contributed by atoms with van der Waals surface area (Å²) in [7, 11) is 0. The Hall–Kier alpha value is -2.42. The van der Waals surface area contributed by atoms with Gasteiger partial charge in [0.25, 0.3) is 0 Å². The Bertz CT molecular complexity index is 823. The van der Waals surface area contributed by atoms with Crippen molar-refractivity contribution in [2.45, 2.75) is 44.4 Å². The van der Waals surface area contributed by atoms with E-state index in [0.717, 1.165) is 30.4 Å². The molecule has 2 aliphatic carbocycles. The maximum absolute atomic E-state index is 11.8. The summed E-state index contributed by atoms with van der Waals surface area (Å²) in [5.74, 6) is 0.388. The van der Waals surface area contributed by atoms with Crippen molar-refractivity contribution in [1.82, 2.24) is 0 Å². The summed E-state index contributed by atoms with van der Waals surface area (Å²) in [6, 6.07) is 13.9. The van der Waals surface area contributed by atoms with Gasteiger partial charge in [-0.3, -0.25) is 4.79 Å². The summed E-state index contributed by atoms with van der Waals surface area (Å²) in [4.78, 5) is 23.6. The molecule has 1 fully saturated rings. The zero-order chi connectivity index (χ0) is 17.4. The third-order valence-electron chi connectivity index (χ3n) is 5.88. The number of benzene rings is 2. The van der Waals surface area contributed by atoms with E-state index in [9.17, 15) is 14.7 Å². The van der Waals surface area contributed by atoms with Crippen molar-refractivity contribution in [2.24, 2.45) is 5.92 Å². The molecule has 3 nitrogen and oxygen atoms in total. The molecule has 1 N–H and O–H groups in total. The minimum atomic E-state index is -0.852. The van der Waals surface area contributed by atoms with Crippen LogP contribution in [0.5, 0.6) is 0 Å². The van der Waals surface area contributed by atoms with E-state index < -0.39 is 5.97 Å². The molecular weight excluding hydrogens is 312 g/mol. The molecule has 3 heteroatoms. The fraction of sp³-hybridized carbons (Fsp3) is 0.364. The Kier molecular flexibility index (Phi) is 4.16. The lowest BCUT2D eigenvalue weighted by atomic mass is 9.66. The summed E-state index contributed by atoms with van der Waals surface area (Å²) >= 11 is 0. The van der Waals surface area contributed by atoms with Crippen LogP contribution in [0.4, 0.5) is 0 Å². The van der Waals surface area contributed by atoms with Crippen LogP contribution in [0.2, 0.25) is 0 Å². The molecule has 128 valence electrons. The van der Waals surface area contributed by atoms with Crippen molar-refractivity contribution < 1.29 is 14.7 Å². The highest BCUT2D eigenvalue weighted by molar-refractivity contribution is 5.90. The molecule has 0 saturated heterocycles. The first-order valence-corrected chi connectivity index (χ1v) is 9.07. The van der Waals surface area contributed by atoms with Gasteiger partial charge in [-0.2, -0.15) is 0 Å². The van der Waals surface area contributed by atoms with Gasteiger partial charge in [-0.25, -0.2) is 4.79 Å². The van der Waals surface area contributed by atoms with Gasteiger partial charge in [0.15, 0.2) is 0 Å². The van der Waals surface area contributed by atoms with Gasteiger partial charge in [0, 0.05) is 12.8 Å². The summed E-state index contributed by atoms with van der Waals surface area (Å²) in [6.45, 7) is 0. The fourth-order valence-corrected chi connectivity index (χ4v) is 4.69. The number of hydrogen-bond acceptors (Lipinski definition) is 2. The van der Waals surface area contributed by atoms with Crippen molar-refractivity contribution in [3.05, 3.63) is 70.3 Å². The number of carboxylic acids is 1. The molecular formula is C22H22O3. The van der Waals surface area contributed by atoms with E-state index in [0.29, 0.717) is 42.4 Å². The second-order valence-corrected chi connectivity index (χ2v) is 7.31. The van der Waals surface area contributed by atoms with E-state index in [-0.39, 0.29) is 0 Å². The van der Waals surface area contributed by atoms with Crippen LogP contribution in [0.3, 0.4) is 0 Å². The summed E-state index contributed by atoms with van der Waals surface area (Å²) < 4.78 is 0. The molecule has 2 aromatic rings. The monoisotopic (exact) mass is 334 g/mol. The SMILES string of the molecule is O=C1CCC2c3ccc(C(=O)O)c(Cc4ccccc4)c3CCC2C1. The first kappa shape index (κ1) is 16.1.